The molecule has 0 saturated carbocycles. The van der Waals surface area contributed by atoms with Gasteiger partial charge in [-0.05, 0) is 26.3 Å². The van der Waals surface area contributed by atoms with Crippen LogP contribution in [0, 0.1) is 5.92 Å². The van der Waals surface area contributed by atoms with E-state index in [1.54, 1.807) is 0 Å². The minimum absolute atomic E-state index is 0.0973. The van der Waals surface area contributed by atoms with Gasteiger partial charge in [0.15, 0.2) is 20.2 Å². The van der Waals surface area contributed by atoms with Crippen molar-refractivity contribution in [3.05, 3.63) is 34.7 Å². The van der Waals surface area contributed by atoms with Crippen molar-refractivity contribution in [1.29, 1.82) is 0 Å². The number of ether oxygens (including phenoxy) is 1. The average molecular weight is 494 g/mol. The minimum Gasteiger partial charge on any atom is -0.408 e. The first-order valence-electron chi connectivity index (χ1n) is 9.13. The SMILES string of the molecule is C=[P+](C)C(C)(OC1=CC2CN(C(Br)C(C=CC)=C(C)F)CCC2S1)[P+](=C)C. The summed E-state index contributed by atoms with van der Waals surface area (Å²) in [4.78, 5) is 2.22. The van der Waals surface area contributed by atoms with Crippen molar-refractivity contribution in [2.75, 3.05) is 26.4 Å². The molecule has 2 aliphatic heterocycles. The Balaban J connectivity index is 2.12. The number of alkyl halides is 1. The molecule has 150 valence electrons. The number of hydrogen-bond acceptors (Lipinski definition) is 3. The number of allylic oxidation sites excluding steroid dienone is 2. The van der Waals surface area contributed by atoms with Crippen LogP contribution < -0.4 is 0 Å². The first kappa shape index (κ1) is 23.4. The second-order valence-corrected chi connectivity index (χ2v) is 14.3. The number of piperidine rings is 1. The van der Waals surface area contributed by atoms with E-state index >= 15 is 0 Å². The summed E-state index contributed by atoms with van der Waals surface area (Å²) in [6.45, 7) is 11.8. The fourth-order valence-electron chi connectivity index (χ4n) is 3.29. The van der Waals surface area contributed by atoms with E-state index in [4.69, 9.17) is 4.74 Å². The van der Waals surface area contributed by atoms with Crippen molar-refractivity contribution >= 4 is 55.4 Å². The second kappa shape index (κ2) is 9.72. The molecule has 0 N–H and O–H groups in total. The van der Waals surface area contributed by atoms with Crippen LogP contribution >= 0.6 is 42.8 Å². The third kappa shape index (κ3) is 5.37. The molecular weight excluding hydrogens is 463 g/mol. The topological polar surface area (TPSA) is 12.5 Å². The Morgan fingerprint density at radius 2 is 2.11 bits per heavy atom. The summed E-state index contributed by atoms with van der Waals surface area (Å²) >= 11 is 5.57. The van der Waals surface area contributed by atoms with Gasteiger partial charge in [-0.25, -0.2) is 4.39 Å². The molecule has 1 fully saturated rings. The monoisotopic (exact) mass is 493 g/mol. The van der Waals surface area contributed by atoms with Gasteiger partial charge in [-0.1, -0.05) is 39.8 Å². The molecule has 2 rings (SSSR count). The van der Waals surface area contributed by atoms with E-state index in [1.807, 2.05) is 30.8 Å². The first-order valence-corrected chi connectivity index (χ1v) is 14.9. The molecule has 2 aliphatic rings. The maximum atomic E-state index is 14.0. The number of nitrogens with zero attached hydrogens (tertiary/aromatic N) is 1. The summed E-state index contributed by atoms with van der Waals surface area (Å²) in [5.74, 6) is 0.294. The van der Waals surface area contributed by atoms with Crippen molar-refractivity contribution in [2.45, 2.75) is 42.5 Å². The largest absolute Gasteiger partial charge is 0.408 e. The molecule has 7 heteroatoms. The molecule has 0 amide bonds. The van der Waals surface area contributed by atoms with E-state index in [1.165, 1.54) is 6.92 Å². The number of thioether (sulfide) groups is 1. The Morgan fingerprint density at radius 1 is 1.48 bits per heavy atom. The van der Waals surface area contributed by atoms with Crippen LogP contribution in [-0.4, -0.2) is 59.2 Å². The van der Waals surface area contributed by atoms with Gasteiger partial charge in [0, 0.05) is 29.8 Å². The average Bonchev–Trinajstić information content (AvgIpc) is 2.99. The lowest BCUT2D eigenvalue weighted by Crippen LogP contribution is -2.44. The molecule has 0 aromatic rings. The zero-order chi connectivity index (χ0) is 20.4. The van der Waals surface area contributed by atoms with Crippen LogP contribution in [-0.2, 0) is 4.74 Å². The highest BCUT2D eigenvalue weighted by Crippen LogP contribution is 2.56. The van der Waals surface area contributed by atoms with E-state index in [-0.39, 0.29) is 15.9 Å². The molecule has 0 radical (unpaired) electrons. The molecule has 27 heavy (non-hydrogen) atoms. The van der Waals surface area contributed by atoms with Crippen molar-refractivity contribution < 1.29 is 9.13 Å². The molecular formula is C20H31BrFNOP2S+2. The van der Waals surface area contributed by atoms with Gasteiger partial charge in [0.1, 0.15) is 19.2 Å². The number of halogens is 2. The zero-order valence-corrected chi connectivity index (χ0v) is 21.1. The van der Waals surface area contributed by atoms with Crippen molar-refractivity contribution in [3.8, 4) is 0 Å². The highest BCUT2D eigenvalue weighted by atomic mass is 79.9. The molecule has 0 aliphatic carbocycles. The van der Waals surface area contributed by atoms with Gasteiger partial charge >= 0.3 is 5.08 Å². The minimum atomic E-state index is -0.496. The van der Waals surface area contributed by atoms with Crippen LogP contribution in [0.2, 0.25) is 0 Å². The van der Waals surface area contributed by atoms with Gasteiger partial charge in [0.25, 0.3) is 0 Å². The van der Waals surface area contributed by atoms with Crippen molar-refractivity contribution in [3.63, 3.8) is 0 Å². The zero-order valence-electron chi connectivity index (χ0n) is 16.9. The third-order valence-corrected chi connectivity index (χ3v) is 12.7. The maximum absolute atomic E-state index is 14.0. The molecule has 0 bridgehead atoms. The Bertz CT molecular complexity index is 688. The summed E-state index contributed by atoms with van der Waals surface area (Å²) in [5, 5.41) is 1.32. The van der Waals surface area contributed by atoms with Gasteiger partial charge in [-0.3, -0.25) is 4.90 Å². The molecule has 1 saturated heterocycles. The third-order valence-electron chi connectivity index (χ3n) is 5.27. The quantitative estimate of drug-likeness (QED) is 0.172. The summed E-state index contributed by atoms with van der Waals surface area (Å²) in [7, 11) is -0.992. The van der Waals surface area contributed by atoms with Gasteiger partial charge in [0.2, 0.25) is 0 Å². The fourth-order valence-corrected chi connectivity index (χ4v) is 8.43. The number of hydrogen-bond donors (Lipinski definition) is 0. The highest BCUT2D eigenvalue weighted by Gasteiger charge is 2.50. The normalized spacial score (nSPS) is 28.8. The van der Waals surface area contributed by atoms with Crippen LogP contribution in [0.4, 0.5) is 4.39 Å². The standard InChI is InChI=1S/C20H31BrFNOP2S/c1-8-9-16(14(2)22)19(21)23-11-10-17-15(13-23)12-18(27-17)24-20(3,25(4)5)26(6)7/h8-9,12,15,17,19H,4,6,10-11,13H2,1-3,5,7H3/q+2. The number of rotatable bonds is 7. The number of fused-ring (bicyclic) bond motifs is 1. The summed E-state index contributed by atoms with van der Waals surface area (Å²) < 4.78 is 20.4. The van der Waals surface area contributed by atoms with Crippen molar-refractivity contribution in [1.82, 2.24) is 4.90 Å². The second-order valence-electron chi connectivity index (χ2n) is 7.35. The molecule has 0 spiro atoms. The van der Waals surface area contributed by atoms with Gasteiger partial charge in [0.05, 0.1) is 24.5 Å². The Morgan fingerprint density at radius 3 is 2.63 bits per heavy atom. The summed E-state index contributed by atoms with van der Waals surface area (Å²) in [6, 6.07) is 0. The van der Waals surface area contributed by atoms with Gasteiger partial charge < -0.3 is 4.74 Å². The van der Waals surface area contributed by atoms with Crippen LogP contribution in [0.5, 0.6) is 0 Å². The Hall–Kier alpha value is 0.0800. The van der Waals surface area contributed by atoms with E-state index in [9.17, 15) is 4.39 Å². The van der Waals surface area contributed by atoms with E-state index in [2.05, 4.69) is 59.8 Å². The van der Waals surface area contributed by atoms with Crippen LogP contribution in [0.15, 0.2) is 34.7 Å². The first-order chi connectivity index (χ1) is 12.6. The maximum Gasteiger partial charge on any atom is 0.405 e. The van der Waals surface area contributed by atoms with Crippen LogP contribution in [0.3, 0.4) is 0 Å². The lowest BCUT2D eigenvalue weighted by atomic mass is 9.97. The van der Waals surface area contributed by atoms with E-state index in [0.717, 1.165) is 24.6 Å². The fraction of sp³-hybridized carbons (Fsp3) is 0.600. The molecule has 0 aromatic heterocycles. The molecule has 2 nitrogen and oxygen atoms in total. The predicted molar refractivity (Wildman–Crippen MR) is 130 cm³/mol. The van der Waals surface area contributed by atoms with Crippen molar-refractivity contribution in [2.24, 2.45) is 5.92 Å². The number of likely N-dealkylation sites (tertiary alicyclic amines) is 1. The summed E-state index contributed by atoms with van der Waals surface area (Å²) in [6.07, 6.45) is 15.6. The molecule has 0 aromatic carbocycles. The lowest BCUT2D eigenvalue weighted by molar-refractivity contribution is 0.188. The Kier molecular flexibility index (Phi) is 8.41. The highest BCUT2D eigenvalue weighted by molar-refractivity contribution is 9.09. The Labute approximate surface area is 178 Å². The van der Waals surface area contributed by atoms with Crippen LogP contribution in [0.1, 0.15) is 27.2 Å². The molecule has 2 heterocycles. The molecule has 5 unspecified atom stereocenters. The lowest BCUT2D eigenvalue weighted by Gasteiger charge is -2.37. The van der Waals surface area contributed by atoms with Gasteiger partial charge in [-0.15, -0.1) is 0 Å². The van der Waals surface area contributed by atoms with E-state index < -0.39 is 15.1 Å². The predicted octanol–water partition coefficient (Wildman–Crippen LogP) is 6.58. The van der Waals surface area contributed by atoms with E-state index in [0.29, 0.717) is 16.7 Å². The molecule has 5 atom stereocenters. The smallest absolute Gasteiger partial charge is 0.405 e. The van der Waals surface area contributed by atoms with Gasteiger partial charge in [-0.2, -0.15) is 0 Å². The summed E-state index contributed by atoms with van der Waals surface area (Å²) in [5.41, 5.74) is 0.706. The van der Waals surface area contributed by atoms with Crippen LogP contribution in [0.25, 0.3) is 0 Å².